The van der Waals surface area contributed by atoms with Gasteiger partial charge in [0.15, 0.2) is 0 Å². The van der Waals surface area contributed by atoms with Crippen molar-refractivity contribution in [1.82, 2.24) is 14.9 Å². The van der Waals surface area contributed by atoms with Gasteiger partial charge in [0, 0.05) is 35.4 Å². The van der Waals surface area contributed by atoms with Crippen molar-refractivity contribution in [3.63, 3.8) is 0 Å². The molecule has 4 rings (SSSR count). The normalized spacial score (nSPS) is 17.2. The number of carbonyl (C=O) groups excluding carboxylic acids is 1. The number of hydrogen-bond donors (Lipinski definition) is 1. The summed E-state index contributed by atoms with van der Waals surface area (Å²) in [6, 6.07) is 9.63. The van der Waals surface area contributed by atoms with Gasteiger partial charge in [-0.2, -0.15) is 0 Å². The lowest BCUT2D eigenvalue weighted by Gasteiger charge is -2.34. The lowest BCUT2D eigenvalue weighted by molar-refractivity contribution is 0.0611. The first-order valence-electron chi connectivity index (χ1n) is 8.74. The number of nitrogens with zero attached hydrogens (tertiary/aromatic N) is 3. The molecule has 2 aromatic heterocycles. The minimum atomic E-state index is 0.0687. The standard InChI is InChI=1S/C20H20N4OS/c21-17-13-22-9-8-16(17)14-4-6-15(7-5-14)20(25)24-11-2-1-3-18(24)19-23-10-12-26-19/h4-10,12-13,18H,1-3,11,21H2/t18-/m0/s1. The van der Waals surface area contributed by atoms with E-state index >= 15 is 0 Å². The molecule has 1 saturated heterocycles. The number of nitrogen functional groups attached to an aromatic ring is 1. The van der Waals surface area contributed by atoms with Crippen LogP contribution in [-0.4, -0.2) is 27.3 Å². The number of pyridine rings is 1. The van der Waals surface area contributed by atoms with Crippen LogP contribution in [0.2, 0.25) is 0 Å². The number of benzene rings is 1. The van der Waals surface area contributed by atoms with Crippen molar-refractivity contribution in [2.45, 2.75) is 25.3 Å². The van der Waals surface area contributed by atoms with Crippen molar-refractivity contribution in [2.75, 3.05) is 12.3 Å². The van der Waals surface area contributed by atoms with E-state index in [1.807, 2.05) is 46.8 Å². The fraction of sp³-hybridized carbons (Fsp3) is 0.250. The second kappa shape index (κ2) is 7.25. The van der Waals surface area contributed by atoms with Gasteiger partial charge >= 0.3 is 0 Å². The summed E-state index contributed by atoms with van der Waals surface area (Å²) in [5.41, 5.74) is 9.24. The molecule has 1 aliphatic heterocycles. The van der Waals surface area contributed by atoms with Crippen molar-refractivity contribution in [3.05, 3.63) is 64.9 Å². The molecule has 0 bridgehead atoms. The molecule has 5 nitrogen and oxygen atoms in total. The second-order valence-electron chi connectivity index (χ2n) is 6.42. The quantitative estimate of drug-likeness (QED) is 0.757. The third kappa shape index (κ3) is 3.20. The number of rotatable bonds is 3. The molecule has 1 aromatic carbocycles. The lowest BCUT2D eigenvalue weighted by Crippen LogP contribution is -2.38. The van der Waals surface area contributed by atoms with Crippen molar-refractivity contribution in [1.29, 1.82) is 0 Å². The second-order valence-corrected chi connectivity index (χ2v) is 7.35. The zero-order chi connectivity index (χ0) is 17.9. The average Bonchev–Trinajstić information content (AvgIpc) is 3.23. The van der Waals surface area contributed by atoms with Crippen LogP contribution in [0, 0.1) is 0 Å². The fourth-order valence-corrected chi connectivity index (χ4v) is 4.24. The van der Waals surface area contributed by atoms with E-state index in [0.717, 1.165) is 41.9 Å². The van der Waals surface area contributed by atoms with Gasteiger partial charge < -0.3 is 10.6 Å². The lowest BCUT2D eigenvalue weighted by atomic mass is 9.99. The molecule has 3 heterocycles. The van der Waals surface area contributed by atoms with Crippen LogP contribution in [0.1, 0.15) is 40.7 Å². The highest BCUT2D eigenvalue weighted by Gasteiger charge is 2.30. The molecule has 26 heavy (non-hydrogen) atoms. The predicted octanol–water partition coefficient (Wildman–Crippen LogP) is 4.15. The Morgan fingerprint density at radius 2 is 2.00 bits per heavy atom. The fourth-order valence-electron chi connectivity index (χ4n) is 3.46. The number of amides is 1. The molecule has 1 amide bonds. The van der Waals surface area contributed by atoms with Crippen molar-refractivity contribution in [2.24, 2.45) is 0 Å². The van der Waals surface area contributed by atoms with E-state index in [1.54, 1.807) is 23.7 Å². The van der Waals surface area contributed by atoms with E-state index in [2.05, 4.69) is 9.97 Å². The summed E-state index contributed by atoms with van der Waals surface area (Å²) in [7, 11) is 0. The highest BCUT2D eigenvalue weighted by Crippen LogP contribution is 2.33. The number of hydrogen-bond acceptors (Lipinski definition) is 5. The minimum Gasteiger partial charge on any atom is -0.397 e. The van der Waals surface area contributed by atoms with Crippen LogP contribution in [0.4, 0.5) is 5.69 Å². The Balaban J connectivity index is 1.58. The van der Waals surface area contributed by atoms with E-state index in [-0.39, 0.29) is 11.9 Å². The number of anilines is 1. The third-order valence-corrected chi connectivity index (χ3v) is 5.67. The molecular formula is C20H20N4OS. The number of carbonyl (C=O) groups is 1. The summed E-state index contributed by atoms with van der Waals surface area (Å²) in [5.74, 6) is 0.0687. The molecule has 6 heteroatoms. The van der Waals surface area contributed by atoms with Gasteiger partial charge in [-0.15, -0.1) is 11.3 Å². The monoisotopic (exact) mass is 364 g/mol. The Hall–Kier alpha value is -2.73. The number of nitrogens with two attached hydrogens (primary N) is 1. The summed E-state index contributed by atoms with van der Waals surface area (Å²) in [6.45, 7) is 0.780. The van der Waals surface area contributed by atoms with Gasteiger partial charge in [0.2, 0.25) is 0 Å². The van der Waals surface area contributed by atoms with Gasteiger partial charge in [0.1, 0.15) is 5.01 Å². The van der Waals surface area contributed by atoms with Gasteiger partial charge in [0.25, 0.3) is 5.91 Å². The zero-order valence-corrected chi connectivity index (χ0v) is 15.2. The summed E-state index contributed by atoms with van der Waals surface area (Å²) in [5, 5.41) is 3.00. The van der Waals surface area contributed by atoms with E-state index in [9.17, 15) is 4.79 Å². The van der Waals surface area contributed by atoms with Crippen LogP contribution in [0.5, 0.6) is 0 Å². The molecule has 132 valence electrons. The maximum Gasteiger partial charge on any atom is 0.254 e. The first-order valence-corrected chi connectivity index (χ1v) is 9.62. The van der Waals surface area contributed by atoms with E-state index < -0.39 is 0 Å². The molecule has 1 fully saturated rings. The SMILES string of the molecule is Nc1cnccc1-c1ccc(C(=O)N2CCCC[C@H]2c2nccs2)cc1. The molecule has 1 aliphatic rings. The third-order valence-electron chi connectivity index (χ3n) is 4.79. The summed E-state index contributed by atoms with van der Waals surface area (Å²) < 4.78 is 0. The van der Waals surface area contributed by atoms with Crippen LogP contribution in [0.25, 0.3) is 11.1 Å². The number of likely N-dealkylation sites (tertiary alicyclic amines) is 1. The number of aromatic nitrogens is 2. The van der Waals surface area contributed by atoms with E-state index in [4.69, 9.17) is 5.73 Å². The molecule has 0 aliphatic carbocycles. The smallest absolute Gasteiger partial charge is 0.254 e. The van der Waals surface area contributed by atoms with Gasteiger partial charge in [-0.05, 0) is 43.0 Å². The van der Waals surface area contributed by atoms with Crippen LogP contribution < -0.4 is 5.73 Å². The highest BCUT2D eigenvalue weighted by molar-refractivity contribution is 7.09. The first-order chi connectivity index (χ1) is 12.7. The van der Waals surface area contributed by atoms with Crippen LogP contribution in [-0.2, 0) is 0 Å². The number of piperidine rings is 1. The zero-order valence-electron chi connectivity index (χ0n) is 14.3. The maximum atomic E-state index is 13.1. The predicted molar refractivity (Wildman–Crippen MR) is 104 cm³/mol. The van der Waals surface area contributed by atoms with Gasteiger partial charge in [-0.1, -0.05) is 12.1 Å². The Labute approximate surface area is 156 Å². The molecule has 0 unspecified atom stereocenters. The molecular weight excluding hydrogens is 344 g/mol. The van der Waals surface area contributed by atoms with Gasteiger partial charge in [0.05, 0.1) is 17.9 Å². The highest BCUT2D eigenvalue weighted by atomic mass is 32.1. The Morgan fingerprint density at radius 3 is 2.73 bits per heavy atom. The Morgan fingerprint density at radius 1 is 1.15 bits per heavy atom. The van der Waals surface area contributed by atoms with E-state index in [0.29, 0.717) is 11.3 Å². The van der Waals surface area contributed by atoms with Crippen molar-refractivity contribution >= 4 is 22.9 Å². The molecule has 0 radical (unpaired) electrons. The van der Waals surface area contributed by atoms with Crippen LogP contribution in [0.3, 0.4) is 0 Å². The minimum absolute atomic E-state index is 0.0687. The average molecular weight is 364 g/mol. The molecule has 2 N–H and O–H groups in total. The largest absolute Gasteiger partial charge is 0.397 e. The Kier molecular flexibility index (Phi) is 4.67. The summed E-state index contributed by atoms with van der Waals surface area (Å²) >= 11 is 1.62. The van der Waals surface area contributed by atoms with E-state index in [1.165, 1.54) is 0 Å². The Bertz CT molecular complexity index is 892. The summed E-state index contributed by atoms with van der Waals surface area (Å²) in [6.07, 6.45) is 8.32. The first kappa shape index (κ1) is 16.7. The number of thiazole rings is 1. The van der Waals surface area contributed by atoms with Crippen LogP contribution >= 0.6 is 11.3 Å². The van der Waals surface area contributed by atoms with Crippen molar-refractivity contribution in [3.8, 4) is 11.1 Å². The molecule has 1 atom stereocenters. The van der Waals surface area contributed by atoms with Gasteiger partial charge in [-0.25, -0.2) is 4.98 Å². The van der Waals surface area contributed by atoms with Gasteiger partial charge in [-0.3, -0.25) is 9.78 Å². The maximum absolute atomic E-state index is 13.1. The molecule has 3 aromatic rings. The molecule has 0 saturated carbocycles. The molecule has 0 spiro atoms. The summed E-state index contributed by atoms with van der Waals surface area (Å²) in [4.78, 5) is 23.5. The van der Waals surface area contributed by atoms with Crippen LogP contribution in [0.15, 0.2) is 54.3 Å². The van der Waals surface area contributed by atoms with Crippen molar-refractivity contribution < 1.29 is 4.79 Å². The topological polar surface area (TPSA) is 72.1 Å².